The minimum atomic E-state index is -0.899. The third-order valence-corrected chi connectivity index (χ3v) is 3.38. The fourth-order valence-corrected chi connectivity index (χ4v) is 2.18. The summed E-state index contributed by atoms with van der Waals surface area (Å²) < 4.78 is 5.55. The van der Waals surface area contributed by atoms with Gasteiger partial charge in [0, 0.05) is 6.54 Å². The molecule has 0 aromatic heterocycles. The molecular formula is C17H29ClN2O3. The van der Waals surface area contributed by atoms with E-state index in [4.69, 9.17) is 10.5 Å². The van der Waals surface area contributed by atoms with E-state index in [0.29, 0.717) is 6.42 Å². The summed E-state index contributed by atoms with van der Waals surface area (Å²) in [5.74, 6) is 0.514. The van der Waals surface area contributed by atoms with E-state index in [0.717, 1.165) is 17.7 Å². The van der Waals surface area contributed by atoms with Gasteiger partial charge in [0.15, 0.2) is 0 Å². The van der Waals surface area contributed by atoms with Crippen molar-refractivity contribution in [3.05, 3.63) is 29.8 Å². The number of nitrogens with two attached hydrogens (primary N) is 1. The summed E-state index contributed by atoms with van der Waals surface area (Å²) in [7, 11) is 0. The van der Waals surface area contributed by atoms with Crippen molar-refractivity contribution >= 4 is 18.3 Å². The van der Waals surface area contributed by atoms with Gasteiger partial charge in [0.05, 0.1) is 17.7 Å². The highest BCUT2D eigenvalue weighted by Gasteiger charge is 2.27. The van der Waals surface area contributed by atoms with Crippen molar-refractivity contribution in [2.24, 2.45) is 5.73 Å². The van der Waals surface area contributed by atoms with Crippen LogP contribution < -0.4 is 15.8 Å². The zero-order valence-electron chi connectivity index (χ0n) is 14.3. The van der Waals surface area contributed by atoms with Crippen molar-refractivity contribution in [1.29, 1.82) is 0 Å². The van der Waals surface area contributed by atoms with Gasteiger partial charge in [0.25, 0.3) is 0 Å². The summed E-state index contributed by atoms with van der Waals surface area (Å²) in [6.45, 7) is 7.74. The molecule has 2 unspecified atom stereocenters. The molecule has 5 nitrogen and oxygen atoms in total. The summed E-state index contributed by atoms with van der Waals surface area (Å²) in [5.41, 5.74) is 5.78. The zero-order valence-corrected chi connectivity index (χ0v) is 15.2. The number of carbonyl (C=O) groups is 1. The number of aliphatic hydroxyl groups excluding tert-OH is 1. The van der Waals surface area contributed by atoms with Crippen LogP contribution in [0.2, 0.25) is 0 Å². The third kappa shape index (κ3) is 7.20. The average Bonchev–Trinajstić information content (AvgIpc) is 2.44. The van der Waals surface area contributed by atoms with Crippen LogP contribution in [0.25, 0.3) is 0 Å². The first-order chi connectivity index (χ1) is 10.3. The van der Waals surface area contributed by atoms with Crippen LogP contribution >= 0.6 is 12.4 Å². The Labute approximate surface area is 145 Å². The summed E-state index contributed by atoms with van der Waals surface area (Å²) in [6.07, 6.45) is 0.779. The predicted molar refractivity (Wildman–Crippen MR) is 94.9 cm³/mol. The number of nitrogens with one attached hydrogen (secondary N) is 1. The lowest BCUT2D eigenvalue weighted by atomic mass is 9.96. The number of benzene rings is 1. The molecule has 0 bridgehead atoms. The molecular weight excluding hydrogens is 316 g/mol. The number of aliphatic hydroxyl groups is 1. The van der Waals surface area contributed by atoms with Crippen LogP contribution in [-0.4, -0.2) is 29.2 Å². The Bertz CT molecular complexity index is 475. The van der Waals surface area contributed by atoms with Gasteiger partial charge in [0.2, 0.25) is 5.91 Å². The average molecular weight is 345 g/mol. The van der Waals surface area contributed by atoms with Gasteiger partial charge in [-0.05, 0) is 44.9 Å². The highest BCUT2D eigenvalue weighted by atomic mass is 35.5. The van der Waals surface area contributed by atoms with Crippen molar-refractivity contribution in [2.45, 2.75) is 58.3 Å². The summed E-state index contributed by atoms with van der Waals surface area (Å²) in [4.78, 5) is 12.0. The van der Waals surface area contributed by atoms with E-state index in [9.17, 15) is 9.90 Å². The molecule has 0 saturated carbocycles. The Morgan fingerprint density at radius 3 is 2.39 bits per heavy atom. The quantitative estimate of drug-likeness (QED) is 0.676. The fraction of sp³-hybridized carbons (Fsp3) is 0.588. The topological polar surface area (TPSA) is 84.6 Å². The maximum Gasteiger partial charge on any atom is 0.239 e. The smallest absolute Gasteiger partial charge is 0.239 e. The second-order valence-corrected chi connectivity index (χ2v) is 6.13. The molecule has 0 heterocycles. The molecule has 0 spiro atoms. The standard InChI is InChI=1S/C17H28N2O3.ClH/c1-5-10-17(4,18)16(21)19-11-15(20)13-6-8-14(9-7-13)22-12(2)3;/h6-9,12,15,20H,5,10-11,18H2,1-4H3,(H,19,21);1H. The van der Waals surface area contributed by atoms with Gasteiger partial charge < -0.3 is 20.9 Å². The normalized spacial score (nSPS) is 14.6. The molecule has 1 aromatic carbocycles. The van der Waals surface area contributed by atoms with Crippen molar-refractivity contribution in [1.82, 2.24) is 5.32 Å². The van der Waals surface area contributed by atoms with Gasteiger partial charge in [0.1, 0.15) is 5.75 Å². The highest BCUT2D eigenvalue weighted by Crippen LogP contribution is 2.18. The Morgan fingerprint density at radius 1 is 1.35 bits per heavy atom. The maximum absolute atomic E-state index is 12.0. The van der Waals surface area contributed by atoms with Crippen LogP contribution in [0.4, 0.5) is 0 Å². The van der Waals surface area contributed by atoms with Crippen LogP contribution in [-0.2, 0) is 4.79 Å². The monoisotopic (exact) mass is 344 g/mol. The van der Waals surface area contributed by atoms with Gasteiger partial charge in [-0.2, -0.15) is 0 Å². The molecule has 23 heavy (non-hydrogen) atoms. The van der Waals surface area contributed by atoms with Crippen molar-refractivity contribution in [2.75, 3.05) is 6.54 Å². The predicted octanol–water partition coefficient (Wildman–Crippen LogP) is 2.56. The molecule has 132 valence electrons. The lowest BCUT2D eigenvalue weighted by molar-refractivity contribution is -0.126. The van der Waals surface area contributed by atoms with Crippen molar-refractivity contribution < 1.29 is 14.6 Å². The zero-order chi connectivity index (χ0) is 16.8. The molecule has 0 aliphatic carbocycles. The van der Waals surface area contributed by atoms with Gasteiger partial charge in [-0.1, -0.05) is 25.5 Å². The number of amides is 1. The van der Waals surface area contributed by atoms with Crippen LogP contribution in [0.15, 0.2) is 24.3 Å². The third-order valence-electron chi connectivity index (χ3n) is 3.38. The first-order valence-corrected chi connectivity index (χ1v) is 7.78. The molecule has 1 rings (SSSR count). The van der Waals surface area contributed by atoms with Gasteiger partial charge >= 0.3 is 0 Å². The Kier molecular flexibility index (Phi) is 9.20. The molecule has 1 aromatic rings. The molecule has 4 N–H and O–H groups in total. The lowest BCUT2D eigenvalue weighted by Gasteiger charge is -2.24. The number of halogens is 1. The van der Waals surface area contributed by atoms with E-state index in [-0.39, 0.29) is 31.0 Å². The Hall–Kier alpha value is -1.30. The minimum absolute atomic E-state index is 0. The number of rotatable bonds is 8. The first-order valence-electron chi connectivity index (χ1n) is 7.78. The second kappa shape index (κ2) is 9.75. The molecule has 1 amide bonds. The van der Waals surface area contributed by atoms with Crippen LogP contribution in [0.5, 0.6) is 5.75 Å². The second-order valence-electron chi connectivity index (χ2n) is 6.13. The van der Waals surface area contributed by atoms with Crippen LogP contribution in [0.1, 0.15) is 52.2 Å². The molecule has 0 saturated heterocycles. The Balaban J connectivity index is 0.00000484. The lowest BCUT2D eigenvalue weighted by Crippen LogP contribution is -2.52. The molecule has 0 fully saturated rings. The van der Waals surface area contributed by atoms with E-state index in [1.807, 2.05) is 32.9 Å². The maximum atomic E-state index is 12.0. The van der Waals surface area contributed by atoms with E-state index in [1.165, 1.54) is 0 Å². The van der Waals surface area contributed by atoms with E-state index >= 15 is 0 Å². The highest BCUT2D eigenvalue weighted by molar-refractivity contribution is 5.85. The van der Waals surface area contributed by atoms with Crippen molar-refractivity contribution in [3.8, 4) is 5.75 Å². The van der Waals surface area contributed by atoms with Gasteiger partial charge in [-0.3, -0.25) is 4.79 Å². The Morgan fingerprint density at radius 2 is 1.91 bits per heavy atom. The number of hydrogen-bond donors (Lipinski definition) is 3. The van der Waals surface area contributed by atoms with E-state index in [1.54, 1.807) is 19.1 Å². The number of hydrogen-bond acceptors (Lipinski definition) is 4. The molecule has 2 atom stereocenters. The molecule has 0 aliphatic heterocycles. The van der Waals surface area contributed by atoms with E-state index in [2.05, 4.69) is 5.32 Å². The summed E-state index contributed by atoms with van der Waals surface area (Å²) in [5, 5.41) is 12.8. The van der Waals surface area contributed by atoms with Crippen molar-refractivity contribution in [3.63, 3.8) is 0 Å². The SMILES string of the molecule is CCCC(C)(N)C(=O)NCC(O)c1ccc(OC(C)C)cc1.Cl. The minimum Gasteiger partial charge on any atom is -0.491 e. The first kappa shape index (κ1) is 21.7. The number of ether oxygens (including phenoxy) is 1. The van der Waals surface area contributed by atoms with Gasteiger partial charge in [-0.25, -0.2) is 0 Å². The summed E-state index contributed by atoms with van der Waals surface area (Å²) in [6, 6.07) is 7.21. The summed E-state index contributed by atoms with van der Waals surface area (Å²) >= 11 is 0. The largest absolute Gasteiger partial charge is 0.491 e. The van der Waals surface area contributed by atoms with Crippen LogP contribution in [0.3, 0.4) is 0 Å². The van der Waals surface area contributed by atoms with Gasteiger partial charge in [-0.15, -0.1) is 12.4 Å². The molecule has 0 radical (unpaired) electrons. The van der Waals surface area contributed by atoms with E-state index < -0.39 is 11.6 Å². The fourth-order valence-electron chi connectivity index (χ4n) is 2.18. The molecule has 0 aliphatic rings. The number of carbonyl (C=O) groups excluding carboxylic acids is 1. The molecule has 6 heteroatoms. The van der Waals surface area contributed by atoms with Crippen LogP contribution in [0, 0.1) is 0 Å².